The van der Waals surface area contributed by atoms with Gasteiger partial charge in [-0.15, -0.1) is 0 Å². The predicted molar refractivity (Wildman–Crippen MR) is 112 cm³/mol. The first kappa shape index (κ1) is 18.4. The van der Waals surface area contributed by atoms with Crippen LogP contribution in [0.25, 0.3) is 32.2 Å². The number of hydrogen-bond donors (Lipinski definition) is 2. The molecule has 0 amide bonds. The molecule has 29 heavy (non-hydrogen) atoms. The minimum atomic E-state index is -0.612. The van der Waals surface area contributed by atoms with Crippen LogP contribution in [0.3, 0.4) is 0 Å². The zero-order chi connectivity index (χ0) is 20.3. The summed E-state index contributed by atoms with van der Waals surface area (Å²) in [5.74, 6) is -0.484. The lowest BCUT2D eigenvalue weighted by Crippen LogP contribution is -2.27. The maximum absolute atomic E-state index is 15.6. The Morgan fingerprint density at radius 1 is 1.21 bits per heavy atom. The van der Waals surface area contributed by atoms with Crippen LogP contribution >= 0.6 is 22.9 Å². The fourth-order valence-corrected chi connectivity index (χ4v) is 4.85. The summed E-state index contributed by atoms with van der Waals surface area (Å²) < 4.78 is 30.0. The highest BCUT2D eigenvalue weighted by molar-refractivity contribution is 7.22. The molecule has 0 radical (unpaired) electrons. The summed E-state index contributed by atoms with van der Waals surface area (Å²) in [4.78, 5) is 14.7. The first-order chi connectivity index (χ1) is 13.9. The van der Waals surface area contributed by atoms with E-state index < -0.39 is 11.6 Å². The Bertz CT molecular complexity index is 1280. The molecule has 5 rings (SSSR count). The molecule has 4 aromatic rings. The van der Waals surface area contributed by atoms with Gasteiger partial charge in [0, 0.05) is 35.6 Å². The molecule has 3 heterocycles. The molecule has 0 spiro atoms. The second-order valence-corrected chi connectivity index (χ2v) is 8.40. The lowest BCUT2D eigenvalue weighted by molar-refractivity contribution is 0.638. The van der Waals surface area contributed by atoms with Crippen LogP contribution in [0, 0.1) is 11.6 Å². The Morgan fingerprint density at radius 2 is 2.03 bits per heavy atom. The van der Waals surface area contributed by atoms with E-state index >= 15 is 4.39 Å². The smallest absolute Gasteiger partial charge is 0.181 e. The number of nitrogen functional groups attached to an aromatic ring is 1. The van der Waals surface area contributed by atoms with E-state index in [1.807, 2.05) is 4.90 Å². The molecule has 1 saturated heterocycles. The Hall–Kier alpha value is -2.62. The van der Waals surface area contributed by atoms with Crippen molar-refractivity contribution in [2.24, 2.45) is 5.73 Å². The highest BCUT2D eigenvalue weighted by Gasteiger charge is 2.26. The van der Waals surface area contributed by atoms with Gasteiger partial charge >= 0.3 is 0 Å². The van der Waals surface area contributed by atoms with E-state index in [4.69, 9.17) is 23.1 Å². The van der Waals surface area contributed by atoms with Crippen molar-refractivity contribution in [3.05, 3.63) is 41.2 Å². The number of thiazole rings is 1. The van der Waals surface area contributed by atoms with Crippen molar-refractivity contribution < 1.29 is 8.78 Å². The highest BCUT2D eigenvalue weighted by atomic mass is 35.5. The lowest BCUT2D eigenvalue weighted by Gasteiger charge is -2.19. The zero-order valence-electron chi connectivity index (χ0n) is 15.0. The quantitative estimate of drug-likeness (QED) is 0.498. The Morgan fingerprint density at radius 3 is 2.79 bits per heavy atom. The molecule has 1 aliphatic heterocycles. The molecule has 0 saturated carbocycles. The molecule has 4 N–H and O–H groups in total. The van der Waals surface area contributed by atoms with Crippen molar-refractivity contribution >= 4 is 55.0 Å². The van der Waals surface area contributed by atoms with Crippen LogP contribution in [0.4, 0.5) is 19.7 Å². The van der Waals surface area contributed by atoms with Crippen molar-refractivity contribution in [3.8, 4) is 11.1 Å². The molecule has 0 bridgehead atoms. The van der Waals surface area contributed by atoms with Crippen molar-refractivity contribution in [1.29, 1.82) is 0 Å². The third-order valence-electron chi connectivity index (χ3n) is 5.11. The van der Waals surface area contributed by atoms with Gasteiger partial charge in [0.25, 0.3) is 0 Å². The van der Waals surface area contributed by atoms with Crippen LogP contribution in [-0.2, 0) is 0 Å². The first-order valence-electron chi connectivity index (χ1n) is 8.92. The average molecular weight is 433 g/mol. The monoisotopic (exact) mass is 432 g/mol. The average Bonchev–Trinajstić information content (AvgIpc) is 3.29. The summed E-state index contributed by atoms with van der Waals surface area (Å²) in [5.41, 5.74) is 12.6. The Kier molecular flexibility index (Phi) is 4.27. The van der Waals surface area contributed by atoms with Crippen molar-refractivity contribution in [1.82, 2.24) is 15.0 Å². The van der Waals surface area contributed by atoms with Crippen LogP contribution in [0.5, 0.6) is 0 Å². The number of hydrogen-bond acceptors (Lipinski definition) is 7. The Labute approximate surface area is 173 Å². The van der Waals surface area contributed by atoms with Crippen LogP contribution < -0.4 is 16.4 Å². The zero-order valence-corrected chi connectivity index (χ0v) is 16.6. The summed E-state index contributed by atoms with van der Waals surface area (Å²) >= 11 is 7.51. The molecule has 0 aliphatic carbocycles. The minimum absolute atomic E-state index is 0.0437. The van der Waals surface area contributed by atoms with Gasteiger partial charge in [0.05, 0.1) is 15.2 Å². The molecule has 2 aromatic heterocycles. The SMILES string of the molecule is Nc1nc2c(-c3c(Cl)cc4c(N5CCC(N)C5)ncnc4c3F)ccc(F)c2s1. The molecule has 1 atom stereocenters. The van der Waals surface area contributed by atoms with E-state index in [1.54, 1.807) is 6.07 Å². The minimum Gasteiger partial charge on any atom is -0.375 e. The fraction of sp³-hybridized carbons (Fsp3) is 0.211. The van der Waals surface area contributed by atoms with Gasteiger partial charge < -0.3 is 16.4 Å². The van der Waals surface area contributed by atoms with Crippen molar-refractivity contribution in [2.45, 2.75) is 12.5 Å². The van der Waals surface area contributed by atoms with Gasteiger partial charge in [-0.3, -0.25) is 0 Å². The second kappa shape index (κ2) is 6.72. The third kappa shape index (κ3) is 2.88. The molecule has 1 fully saturated rings. The summed E-state index contributed by atoms with van der Waals surface area (Å²) in [6.45, 7) is 1.36. The molecule has 1 aliphatic rings. The van der Waals surface area contributed by atoms with Crippen molar-refractivity contribution in [3.63, 3.8) is 0 Å². The van der Waals surface area contributed by atoms with Gasteiger partial charge in [-0.2, -0.15) is 0 Å². The highest BCUT2D eigenvalue weighted by Crippen LogP contribution is 2.42. The molecule has 148 valence electrons. The number of halogens is 3. The number of benzene rings is 2. The number of nitrogens with two attached hydrogens (primary N) is 2. The van der Waals surface area contributed by atoms with E-state index in [0.717, 1.165) is 24.3 Å². The van der Waals surface area contributed by atoms with Crippen molar-refractivity contribution in [2.75, 3.05) is 23.7 Å². The second-order valence-electron chi connectivity index (χ2n) is 6.96. The molecule has 1 unspecified atom stereocenters. The van der Waals surface area contributed by atoms with Gasteiger partial charge in [-0.1, -0.05) is 22.9 Å². The van der Waals surface area contributed by atoms with E-state index in [0.29, 0.717) is 23.3 Å². The van der Waals surface area contributed by atoms with E-state index in [9.17, 15) is 4.39 Å². The number of fused-ring (bicyclic) bond motifs is 2. The van der Waals surface area contributed by atoms with Crippen LogP contribution in [-0.4, -0.2) is 34.1 Å². The number of anilines is 2. The number of aromatic nitrogens is 3. The first-order valence-corrected chi connectivity index (χ1v) is 10.1. The molecule has 2 aromatic carbocycles. The lowest BCUT2D eigenvalue weighted by atomic mass is 10.0. The summed E-state index contributed by atoms with van der Waals surface area (Å²) in [7, 11) is 0. The van der Waals surface area contributed by atoms with Gasteiger partial charge in [0.15, 0.2) is 10.9 Å². The van der Waals surface area contributed by atoms with Crippen LogP contribution in [0.1, 0.15) is 6.42 Å². The summed E-state index contributed by atoms with van der Waals surface area (Å²) in [5, 5.41) is 0.858. The number of nitrogens with zero attached hydrogens (tertiary/aromatic N) is 4. The molecular weight excluding hydrogens is 418 g/mol. The van der Waals surface area contributed by atoms with Gasteiger partial charge in [0.1, 0.15) is 23.5 Å². The van der Waals surface area contributed by atoms with E-state index in [-0.39, 0.29) is 37.5 Å². The maximum Gasteiger partial charge on any atom is 0.181 e. The van der Waals surface area contributed by atoms with E-state index in [1.165, 1.54) is 18.5 Å². The van der Waals surface area contributed by atoms with Gasteiger partial charge in [-0.05, 0) is 24.6 Å². The summed E-state index contributed by atoms with van der Waals surface area (Å²) in [6.07, 6.45) is 2.15. The Balaban J connectivity index is 1.76. The molecule has 6 nitrogen and oxygen atoms in total. The van der Waals surface area contributed by atoms with Gasteiger partial charge in [-0.25, -0.2) is 23.7 Å². The largest absolute Gasteiger partial charge is 0.375 e. The molecular formula is C19H15ClF2N6S. The predicted octanol–water partition coefficient (Wildman–Crippen LogP) is 3.96. The normalized spacial score (nSPS) is 17.0. The topological polar surface area (TPSA) is 94.0 Å². The van der Waals surface area contributed by atoms with Gasteiger partial charge in [0.2, 0.25) is 0 Å². The maximum atomic E-state index is 15.6. The standard InChI is InChI=1S/C19H15ClF2N6S/c20-11-5-10-15(25-7-26-18(10)28-4-3-8(23)6-28)14(22)13(11)9-1-2-12(21)17-16(9)27-19(24)29-17/h1-2,5,7-8H,3-4,6,23H2,(H2,24,27). The molecule has 10 heteroatoms. The third-order valence-corrected chi connectivity index (χ3v) is 6.30. The number of rotatable bonds is 2. The van der Waals surface area contributed by atoms with Crippen LogP contribution in [0.15, 0.2) is 24.5 Å². The van der Waals surface area contributed by atoms with E-state index in [2.05, 4.69) is 15.0 Å². The summed E-state index contributed by atoms with van der Waals surface area (Å²) in [6, 6.07) is 4.39. The van der Waals surface area contributed by atoms with Crippen LogP contribution in [0.2, 0.25) is 5.02 Å². The fourth-order valence-electron chi connectivity index (χ4n) is 3.79.